The van der Waals surface area contributed by atoms with Crippen molar-refractivity contribution < 1.29 is 9.90 Å². The molecule has 4 heteroatoms. The molecule has 3 N–H and O–H groups in total. The van der Waals surface area contributed by atoms with Gasteiger partial charge < -0.3 is 10.8 Å². The van der Waals surface area contributed by atoms with Gasteiger partial charge in [0.2, 0.25) is 0 Å². The van der Waals surface area contributed by atoms with E-state index in [1.54, 1.807) is 18.2 Å². The van der Waals surface area contributed by atoms with E-state index in [0.29, 0.717) is 5.69 Å². The Morgan fingerprint density at radius 2 is 2.23 bits per heavy atom. The van der Waals surface area contributed by atoms with Gasteiger partial charge in [0.25, 0.3) is 0 Å². The smallest absolute Gasteiger partial charge is 0.337 e. The first-order valence-corrected chi connectivity index (χ1v) is 5.35. The molecule has 0 radical (unpaired) electrons. The number of aryl methyl sites for hydroxylation is 1. The maximum atomic E-state index is 10.6. The van der Waals surface area contributed by atoms with Crippen molar-refractivity contribution >= 4 is 34.2 Å². The third-order valence-corrected chi connectivity index (χ3v) is 2.27. The summed E-state index contributed by atoms with van der Waals surface area (Å²) in [6, 6.07) is 5.08. The van der Waals surface area contributed by atoms with Gasteiger partial charge in [-0.1, -0.05) is 28.7 Å². The molecule has 0 aliphatic carbocycles. The Bertz CT molecular complexity index is 325. The number of halogens is 1. The molecule has 0 amide bonds. The maximum absolute atomic E-state index is 10.6. The summed E-state index contributed by atoms with van der Waals surface area (Å²) < 4.78 is 1.00. The third kappa shape index (κ3) is 2.58. The predicted octanol–water partition coefficient (Wildman–Crippen LogP) is 1.94. The van der Waals surface area contributed by atoms with Gasteiger partial charge in [0.05, 0.1) is 5.56 Å². The molecule has 0 aliphatic heterocycles. The van der Waals surface area contributed by atoms with Crippen molar-refractivity contribution in [1.82, 2.24) is 0 Å². The first-order valence-electron chi connectivity index (χ1n) is 3.83. The minimum absolute atomic E-state index is 0.178. The molecule has 1 aromatic carbocycles. The lowest BCUT2D eigenvalue weighted by atomic mass is 10.1. The number of rotatable bonds is 3. The Morgan fingerprint density at radius 3 is 2.69 bits per heavy atom. The Labute approximate surface area is 90.1 Å². The van der Waals surface area contributed by atoms with Crippen LogP contribution in [-0.2, 0) is 6.42 Å². The Morgan fingerprint density at radius 1 is 1.54 bits per heavy atom. The van der Waals surface area contributed by atoms with Crippen LogP contribution in [0.15, 0.2) is 18.2 Å². The summed E-state index contributed by atoms with van der Waals surface area (Å²) in [6.07, 6.45) is 0.921. The van der Waals surface area contributed by atoms with Crippen LogP contribution in [0.2, 0.25) is 0 Å². The molecule has 0 saturated carbocycles. The second kappa shape index (κ2) is 4.45. The van der Waals surface area contributed by atoms with Crippen molar-refractivity contribution in [3.05, 3.63) is 29.3 Å². The summed E-state index contributed by atoms with van der Waals surface area (Å²) in [5.74, 6) is -0.974. The van der Waals surface area contributed by atoms with Crippen LogP contribution in [0.25, 0.3) is 0 Å². The number of carboxylic acids is 1. The van der Waals surface area contributed by atoms with E-state index < -0.39 is 5.97 Å². The van der Waals surface area contributed by atoms with Gasteiger partial charge in [0.15, 0.2) is 0 Å². The fourth-order valence-electron chi connectivity index (χ4n) is 1.07. The summed E-state index contributed by atoms with van der Waals surface area (Å²) in [7, 11) is 0. The van der Waals surface area contributed by atoms with Crippen molar-refractivity contribution in [1.29, 1.82) is 0 Å². The van der Waals surface area contributed by atoms with E-state index in [-0.39, 0.29) is 5.56 Å². The van der Waals surface area contributed by atoms with Crippen LogP contribution in [0, 0.1) is 0 Å². The van der Waals surface area contributed by atoms with E-state index in [1.165, 1.54) is 0 Å². The third-order valence-electron chi connectivity index (χ3n) is 1.73. The average molecular weight is 291 g/mol. The number of aromatic carboxylic acids is 1. The standard InChI is InChI=1S/C9H10INO2/c10-4-3-6-1-2-7(9(12)13)8(11)5-6/h1-2,5H,3-4,11H2,(H,12,13). The molecule has 0 atom stereocenters. The first-order chi connectivity index (χ1) is 6.15. The van der Waals surface area contributed by atoms with E-state index in [1.807, 2.05) is 0 Å². The van der Waals surface area contributed by atoms with Crippen molar-refractivity contribution in [3.63, 3.8) is 0 Å². The van der Waals surface area contributed by atoms with E-state index in [2.05, 4.69) is 22.6 Å². The molecule has 0 heterocycles. The molecular formula is C9H10INO2. The second-order valence-electron chi connectivity index (χ2n) is 2.67. The molecule has 0 spiro atoms. The van der Waals surface area contributed by atoms with Crippen LogP contribution in [0.1, 0.15) is 15.9 Å². The number of anilines is 1. The van der Waals surface area contributed by atoms with Crippen molar-refractivity contribution in [2.24, 2.45) is 0 Å². The Balaban J connectivity index is 2.98. The molecule has 13 heavy (non-hydrogen) atoms. The number of hydrogen-bond donors (Lipinski definition) is 2. The lowest BCUT2D eigenvalue weighted by Crippen LogP contribution is -2.03. The predicted molar refractivity (Wildman–Crippen MR) is 60.4 cm³/mol. The molecule has 0 bridgehead atoms. The minimum Gasteiger partial charge on any atom is -0.478 e. The average Bonchev–Trinajstić information content (AvgIpc) is 2.04. The van der Waals surface area contributed by atoms with Crippen LogP contribution >= 0.6 is 22.6 Å². The Kier molecular flexibility index (Phi) is 3.53. The number of nitrogen functional groups attached to an aromatic ring is 1. The van der Waals surface area contributed by atoms with Gasteiger partial charge in [0.1, 0.15) is 0 Å². The Hall–Kier alpha value is -0.780. The molecule has 70 valence electrons. The highest BCUT2D eigenvalue weighted by Crippen LogP contribution is 2.15. The topological polar surface area (TPSA) is 63.3 Å². The SMILES string of the molecule is Nc1cc(CCI)ccc1C(=O)O. The van der Waals surface area contributed by atoms with Gasteiger partial charge in [-0.15, -0.1) is 0 Å². The van der Waals surface area contributed by atoms with Crippen LogP contribution in [0.3, 0.4) is 0 Å². The first kappa shape index (κ1) is 10.3. The number of hydrogen-bond acceptors (Lipinski definition) is 2. The second-order valence-corrected chi connectivity index (χ2v) is 3.74. The zero-order valence-corrected chi connectivity index (χ0v) is 9.11. The molecule has 1 aromatic rings. The number of alkyl halides is 1. The van der Waals surface area contributed by atoms with Gasteiger partial charge in [-0.2, -0.15) is 0 Å². The summed E-state index contributed by atoms with van der Waals surface area (Å²) in [4.78, 5) is 10.6. The molecule has 0 aliphatic rings. The fraction of sp³-hybridized carbons (Fsp3) is 0.222. The van der Waals surface area contributed by atoms with E-state index in [0.717, 1.165) is 16.4 Å². The van der Waals surface area contributed by atoms with Gasteiger partial charge in [-0.3, -0.25) is 0 Å². The molecule has 1 rings (SSSR count). The van der Waals surface area contributed by atoms with E-state index in [4.69, 9.17) is 10.8 Å². The highest BCUT2D eigenvalue weighted by atomic mass is 127. The number of benzene rings is 1. The normalized spacial score (nSPS) is 9.92. The van der Waals surface area contributed by atoms with Crippen molar-refractivity contribution in [3.8, 4) is 0 Å². The number of nitrogens with two attached hydrogens (primary N) is 1. The summed E-state index contributed by atoms with van der Waals surface area (Å²) in [5.41, 5.74) is 7.17. The summed E-state index contributed by atoms with van der Waals surface area (Å²) in [6.45, 7) is 0. The zero-order chi connectivity index (χ0) is 9.84. The lowest BCUT2D eigenvalue weighted by Gasteiger charge is -2.03. The van der Waals surface area contributed by atoms with E-state index in [9.17, 15) is 4.79 Å². The highest BCUT2D eigenvalue weighted by molar-refractivity contribution is 14.1. The minimum atomic E-state index is -0.974. The van der Waals surface area contributed by atoms with Gasteiger partial charge in [-0.05, 0) is 24.1 Å². The molecule has 0 fully saturated rings. The monoisotopic (exact) mass is 291 g/mol. The number of carboxylic acid groups (broad SMARTS) is 1. The largest absolute Gasteiger partial charge is 0.478 e. The van der Waals surface area contributed by atoms with Gasteiger partial charge in [0, 0.05) is 10.1 Å². The zero-order valence-electron chi connectivity index (χ0n) is 6.96. The van der Waals surface area contributed by atoms with Crippen LogP contribution in [-0.4, -0.2) is 15.5 Å². The van der Waals surface area contributed by atoms with Crippen LogP contribution < -0.4 is 5.73 Å². The summed E-state index contributed by atoms with van der Waals surface area (Å²) >= 11 is 2.27. The molecule has 0 aromatic heterocycles. The number of carbonyl (C=O) groups is 1. The fourth-order valence-corrected chi connectivity index (χ4v) is 1.69. The van der Waals surface area contributed by atoms with Crippen LogP contribution in [0.5, 0.6) is 0 Å². The van der Waals surface area contributed by atoms with Crippen LogP contribution in [0.4, 0.5) is 5.69 Å². The van der Waals surface area contributed by atoms with Gasteiger partial charge in [-0.25, -0.2) is 4.79 Å². The highest BCUT2D eigenvalue weighted by Gasteiger charge is 2.07. The molecule has 0 saturated heterocycles. The summed E-state index contributed by atoms with van der Waals surface area (Å²) in [5, 5.41) is 8.70. The quantitative estimate of drug-likeness (QED) is 0.508. The molecular weight excluding hydrogens is 281 g/mol. The maximum Gasteiger partial charge on any atom is 0.337 e. The van der Waals surface area contributed by atoms with Crippen molar-refractivity contribution in [2.75, 3.05) is 10.2 Å². The van der Waals surface area contributed by atoms with Crippen molar-refractivity contribution in [2.45, 2.75) is 6.42 Å². The van der Waals surface area contributed by atoms with Gasteiger partial charge >= 0.3 is 5.97 Å². The van der Waals surface area contributed by atoms with E-state index >= 15 is 0 Å². The molecule has 0 unspecified atom stereocenters. The lowest BCUT2D eigenvalue weighted by molar-refractivity contribution is 0.0698. The molecule has 3 nitrogen and oxygen atoms in total.